The maximum Gasteiger partial charge on any atom is 0.263 e. The maximum atomic E-state index is 12.4. The molecule has 0 bridgehead atoms. The molecular formula is C17H27N5O. The fourth-order valence-corrected chi connectivity index (χ4v) is 3.37. The zero-order valence-electron chi connectivity index (χ0n) is 14.8. The molecule has 1 aliphatic carbocycles. The standard InChI is InChI=1S/C17H27N5O/c1-11-6-8-12(9-7-11)21(5)16-19-14-13(15(23)20-16)10-18-22(14)17(2,3)4/h10-12H,6-9H2,1-5H3,(H,19,20,23). The molecule has 1 N–H and O–H groups in total. The minimum Gasteiger partial charge on any atom is -0.342 e. The Labute approximate surface area is 136 Å². The molecule has 0 aliphatic heterocycles. The summed E-state index contributed by atoms with van der Waals surface area (Å²) in [6, 6.07) is 0.442. The van der Waals surface area contributed by atoms with Gasteiger partial charge in [0.05, 0.1) is 11.7 Å². The predicted octanol–water partition coefficient (Wildman–Crippen LogP) is 2.89. The first kappa shape index (κ1) is 16.0. The smallest absolute Gasteiger partial charge is 0.263 e. The van der Waals surface area contributed by atoms with Gasteiger partial charge >= 0.3 is 0 Å². The number of nitrogens with zero attached hydrogens (tertiary/aromatic N) is 4. The van der Waals surface area contributed by atoms with Gasteiger partial charge in [0.15, 0.2) is 5.65 Å². The first-order valence-corrected chi connectivity index (χ1v) is 8.48. The molecule has 126 valence electrons. The molecule has 0 radical (unpaired) electrons. The summed E-state index contributed by atoms with van der Waals surface area (Å²) >= 11 is 0. The van der Waals surface area contributed by atoms with Crippen molar-refractivity contribution in [1.29, 1.82) is 0 Å². The molecule has 0 amide bonds. The van der Waals surface area contributed by atoms with E-state index in [4.69, 9.17) is 4.98 Å². The third-order valence-electron chi connectivity index (χ3n) is 4.93. The third-order valence-corrected chi connectivity index (χ3v) is 4.93. The zero-order valence-corrected chi connectivity index (χ0v) is 14.8. The molecule has 0 spiro atoms. The minimum absolute atomic E-state index is 0.114. The average Bonchev–Trinajstić information content (AvgIpc) is 2.92. The Balaban J connectivity index is 2.00. The minimum atomic E-state index is -0.210. The van der Waals surface area contributed by atoms with Crippen molar-refractivity contribution in [1.82, 2.24) is 19.7 Å². The SMILES string of the molecule is CC1CCC(N(C)c2nc3c(cnn3C(C)(C)C)c(=O)[nH]2)CC1. The van der Waals surface area contributed by atoms with Crippen molar-refractivity contribution >= 4 is 17.0 Å². The van der Waals surface area contributed by atoms with Gasteiger partial charge in [-0.1, -0.05) is 6.92 Å². The Morgan fingerprint density at radius 1 is 1.26 bits per heavy atom. The Kier molecular flexibility index (Phi) is 3.94. The molecule has 1 fully saturated rings. The van der Waals surface area contributed by atoms with Crippen LogP contribution in [0, 0.1) is 5.92 Å². The van der Waals surface area contributed by atoms with Crippen molar-refractivity contribution in [3.63, 3.8) is 0 Å². The molecule has 0 aromatic carbocycles. The predicted molar refractivity (Wildman–Crippen MR) is 93.0 cm³/mol. The Bertz CT molecular complexity index is 746. The monoisotopic (exact) mass is 317 g/mol. The van der Waals surface area contributed by atoms with Crippen LogP contribution in [0.25, 0.3) is 11.0 Å². The average molecular weight is 317 g/mol. The summed E-state index contributed by atoms with van der Waals surface area (Å²) in [5.74, 6) is 1.45. The number of fused-ring (bicyclic) bond motifs is 1. The van der Waals surface area contributed by atoms with Crippen LogP contribution in [-0.2, 0) is 5.54 Å². The number of hydrogen-bond acceptors (Lipinski definition) is 4. The number of aromatic amines is 1. The zero-order chi connectivity index (χ0) is 16.8. The number of rotatable bonds is 2. The molecule has 2 heterocycles. The van der Waals surface area contributed by atoms with Gasteiger partial charge in [0.1, 0.15) is 5.39 Å². The van der Waals surface area contributed by atoms with Gasteiger partial charge in [-0.3, -0.25) is 9.78 Å². The molecule has 0 saturated heterocycles. The van der Waals surface area contributed by atoms with Crippen molar-refractivity contribution < 1.29 is 0 Å². The molecule has 0 unspecified atom stereocenters. The molecule has 0 atom stereocenters. The first-order valence-electron chi connectivity index (χ1n) is 8.48. The molecule has 2 aromatic heterocycles. The lowest BCUT2D eigenvalue weighted by Gasteiger charge is -2.33. The van der Waals surface area contributed by atoms with E-state index in [0.717, 1.165) is 18.8 Å². The van der Waals surface area contributed by atoms with Crippen molar-refractivity contribution in [2.45, 2.75) is 65.0 Å². The van der Waals surface area contributed by atoms with Gasteiger partial charge in [0.2, 0.25) is 5.95 Å². The molecule has 3 rings (SSSR count). The van der Waals surface area contributed by atoms with E-state index in [1.165, 1.54) is 12.8 Å². The maximum absolute atomic E-state index is 12.4. The summed E-state index contributed by atoms with van der Waals surface area (Å²) in [4.78, 5) is 22.2. The van der Waals surface area contributed by atoms with Gasteiger partial charge in [-0.25, -0.2) is 4.68 Å². The highest BCUT2D eigenvalue weighted by atomic mass is 16.1. The van der Waals surface area contributed by atoms with Gasteiger partial charge in [-0.2, -0.15) is 10.1 Å². The molecule has 6 nitrogen and oxygen atoms in total. The summed E-state index contributed by atoms with van der Waals surface area (Å²) < 4.78 is 1.83. The van der Waals surface area contributed by atoms with Crippen LogP contribution in [0.1, 0.15) is 53.4 Å². The van der Waals surface area contributed by atoms with Crippen LogP contribution in [-0.4, -0.2) is 32.8 Å². The van der Waals surface area contributed by atoms with Gasteiger partial charge < -0.3 is 4.90 Å². The van der Waals surface area contributed by atoms with E-state index in [0.29, 0.717) is 23.0 Å². The molecule has 6 heteroatoms. The van der Waals surface area contributed by atoms with E-state index < -0.39 is 0 Å². The van der Waals surface area contributed by atoms with E-state index in [-0.39, 0.29) is 11.1 Å². The highest BCUT2D eigenvalue weighted by Gasteiger charge is 2.25. The van der Waals surface area contributed by atoms with Gasteiger partial charge in [-0.05, 0) is 52.4 Å². The van der Waals surface area contributed by atoms with Crippen LogP contribution in [0.3, 0.4) is 0 Å². The lowest BCUT2D eigenvalue weighted by atomic mass is 9.87. The van der Waals surface area contributed by atoms with E-state index >= 15 is 0 Å². The fraction of sp³-hybridized carbons (Fsp3) is 0.706. The van der Waals surface area contributed by atoms with Gasteiger partial charge in [0, 0.05) is 13.1 Å². The molecule has 2 aromatic rings. The topological polar surface area (TPSA) is 66.8 Å². The van der Waals surface area contributed by atoms with Crippen LogP contribution in [0.2, 0.25) is 0 Å². The fourth-order valence-electron chi connectivity index (χ4n) is 3.37. The summed E-state index contributed by atoms with van der Waals surface area (Å²) in [5.41, 5.74) is 0.336. The number of hydrogen-bond donors (Lipinski definition) is 1. The first-order chi connectivity index (χ1) is 10.8. The second kappa shape index (κ2) is 5.65. The van der Waals surface area contributed by atoms with E-state index in [1.807, 2.05) is 11.7 Å². The van der Waals surface area contributed by atoms with Crippen LogP contribution in [0.4, 0.5) is 5.95 Å². The molecular weight excluding hydrogens is 290 g/mol. The van der Waals surface area contributed by atoms with Crippen LogP contribution in [0.5, 0.6) is 0 Å². The Morgan fingerprint density at radius 2 is 1.91 bits per heavy atom. The van der Waals surface area contributed by atoms with Crippen molar-refractivity contribution in [3.8, 4) is 0 Å². The third kappa shape index (κ3) is 2.99. The quantitative estimate of drug-likeness (QED) is 0.925. The summed E-state index contributed by atoms with van der Waals surface area (Å²) in [7, 11) is 2.03. The number of H-pyrrole nitrogens is 1. The number of anilines is 1. The highest BCUT2D eigenvalue weighted by molar-refractivity contribution is 5.74. The largest absolute Gasteiger partial charge is 0.342 e. The number of aromatic nitrogens is 4. The summed E-state index contributed by atoms with van der Waals surface area (Å²) in [6.45, 7) is 8.50. The lowest BCUT2D eigenvalue weighted by Crippen LogP contribution is -2.37. The van der Waals surface area contributed by atoms with E-state index in [2.05, 4.69) is 42.7 Å². The van der Waals surface area contributed by atoms with Crippen molar-refractivity contribution in [2.75, 3.05) is 11.9 Å². The Hall–Kier alpha value is -1.85. The van der Waals surface area contributed by atoms with E-state index in [9.17, 15) is 4.79 Å². The van der Waals surface area contributed by atoms with Crippen LogP contribution < -0.4 is 10.5 Å². The second-order valence-electron chi connectivity index (χ2n) is 7.88. The molecule has 1 aliphatic rings. The molecule has 23 heavy (non-hydrogen) atoms. The van der Waals surface area contributed by atoms with Gasteiger partial charge in [0.25, 0.3) is 5.56 Å². The highest BCUT2D eigenvalue weighted by Crippen LogP contribution is 2.28. The van der Waals surface area contributed by atoms with Crippen LogP contribution in [0.15, 0.2) is 11.0 Å². The van der Waals surface area contributed by atoms with Crippen LogP contribution >= 0.6 is 0 Å². The van der Waals surface area contributed by atoms with Gasteiger partial charge in [-0.15, -0.1) is 0 Å². The van der Waals surface area contributed by atoms with E-state index in [1.54, 1.807) is 6.20 Å². The second-order valence-corrected chi connectivity index (χ2v) is 7.88. The molecule has 1 saturated carbocycles. The number of nitrogens with one attached hydrogen (secondary N) is 1. The van der Waals surface area contributed by atoms with Crippen molar-refractivity contribution in [2.24, 2.45) is 5.92 Å². The summed E-state index contributed by atoms with van der Waals surface area (Å²) in [6.07, 6.45) is 6.39. The normalized spacial score (nSPS) is 22.5. The lowest BCUT2D eigenvalue weighted by molar-refractivity contribution is 0.338. The van der Waals surface area contributed by atoms with Crippen molar-refractivity contribution in [3.05, 3.63) is 16.6 Å². The summed E-state index contributed by atoms with van der Waals surface area (Å²) in [5, 5.41) is 4.92. The Morgan fingerprint density at radius 3 is 2.52 bits per heavy atom.